The van der Waals surface area contributed by atoms with E-state index in [4.69, 9.17) is 19.3 Å². The van der Waals surface area contributed by atoms with Gasteiger partial charge < -0.3 is 50.0 Å². The molecule has 2 aliphatic rings. The normalized spacial score (nSPS) is 51.7. The fourth-order valence-electron chi connectivity index (χ4n) is 2.76. The maximum atomic E-state index is 10.1. The summed E-state index contributed by atoms with van der Waals surface area (Å²) in [4.78, 5) is 0. The van der Waals surface area contributed by atoms with Gasteiger partial charge in [-0.15, -0.1) is 0 Å². The van der Waals surface area contributed by atoms with Gasteiger partial charge in [0.15, 0.2) is 12.6 Å². The van der Waals surface area contributed by atoms with Gasteiger partial charge in [0.1, 0.15) is 36.6 Å². The Morgan fingerprint density at radius 3 is 1.91 bits per heavy atom. The summed E-state index contributed by atoms with van der Waals surface area (Å²) in [6.07, 6.45) is -12.1. The average Bonchev–Trinajstić information content (AvgIpc) is 2.54. The predicted molar refractivity (Wildman–Crippen MR) is 71.8 cm³/mol. The smallest absolute Gasteiger partial charge is 0.184 e. The largest absolute Gasteiger partial charge is 0.394 e. The second-order valence-electron chi connectivity index (χ2n) is 5.90. The van der Waals surface area contributed by atoms with Gasteiger partial charge in [0.2, 0.25) is 0 Å². The molecule has 4 unspecified atom stereocenters. The number of aliphatic hydroxyl groups excluding tert-OH is 7. The van der Waals surface area contributed by atoms with E-state index in [-0.39, 0.29) is 0 Å². The molecule has 2 saturated heterocycles. The first-order valence-electron chi connectivity index (χ1n) is 7.40. The van der Waals surface area contributed by atoms with Crippen molar-refractivity contribution in [3.8, 4) is 0 Å². The molecule has 0 amide bonds. The molecule has 0 aromatic carbocycles. The van der Waals surface area contributed by atoms with Crippen molar-refractivity contribution in [1.82, 2.24) is 0 Å². The molecule has 0 spiro atoms. The number of aliphatic hydroxyl groups is 7. The molecule has 7 N–H and O–H groups in total. The summed E-state index contributed by atoms with van der Waals surface area (Å²) in [6, 6.07) is 0. The molecule has 136 valence electrons. The van der Waals surface area contributed by atoms with Gasteiger partial charge in [-0.1, -0.05) is 6.92 Å². The first kappa shape index (κ1) is 18.9. The zero-order valence-corrected chi connectivity index (χ0v) is 12.5. The van der Waals surface area contributed by atoms with Gasteiger partial charge in [0.05, 0.1) is 19.3 Å². The molecule has 0 bridgehead atoms. The standard InChI is InChI=1S/C13H24O10/c1-4-7(16)8(17)5(2-14)22-13(4)23-11-9(18)6(3-15)21-12(20)10(11)19/h4-20H,2-3H2,1H3/t4?,5?,6?,7-,8-,9+,10?,11+,12-,13+/m1/s1. The molecule has 0 aromatic heterocycles. The quantitative estimate of drug-likeness (QED) is 0.267. The molecule has 10 atom stereocenters. The van der Waals surface area contributed by atoms with E-state index in [1.54, 1.807) is 0 Å². The first-order chi connectivity index (χ1) is 10.8. The summed E-state index contributed by atoms with van der Waals surface area (Å²) in [5, 5.41) is 67.7. The monoisotopic (exact) mass is 340 g/mol. The molecule has 0 aromatic rings. The van der Waals surface area contributed by atoms with Crippen molar-refractivity contribution in [2.75, 3.05) is 13.2 Å². The molecule has 0 saturated carbocycles. The Labute approximate surface area is 132 Å². The van der Waals surface area contributed by atoms with Crippen molar-refractivity contribution in [3.05, 3.63) is 0 Å². The lowest BCUT2D eigenvalue weighted by atomic mass is 9.92. The van der Waals surface area contributed by atoms with Crippen LogP contribution in [0.25, 0.3) is 0 Å². The van der Waals surface area contributed by atoms with Crippen LogP contribution in [0, 0.1) is 5.92 Å². The van der Waals surface area contributed by atoms with Crippen molar-refractivity contribution in [2.24, 2.45) is 5.92 Å². The molecular weight excluding hydrogens is 316 g/mol. The summed E-state index contributed by atoms with van der Waals surface area (Å²) in [5.41, 5.74) is 0. The predicted octanol–water partition coefficient (Wildman–Crippen LogP) is -4.12. The van der Waals surface area contributed by atoms with Crippen LogP contribution in [0.1, 0.15) is 6.92 Å². The minimum Gasteiger partial charge on any atom is -0.394 e. The highest BCUT2D eigenvalue weighted by Crippen LogP contribution is 2.31. The van der Waals surface area contributed by atoms with Crippen LogP contribution in [-0.4, -0.2) is 104 Å². The fourth-order valence-corrected chi connectivity index (χ4v) is 2.76. The van der Waals surface area contributed by atoms with Gasteiger partial charge >= 0.3 is 0 Å². The zero-order valence-electron chi connectivity index (χ0n) is 12.5. The summed E-state index contributed by atoms with van der Waals surface area (Å²) < 4.78 is 15.7. The molecule has 0 aliphatic carbocycles. The third kappa shape index (κ3) is 3.66. The van der Waals surface area contributed by atoms with Crippen LogP contribution in [0.3, 0.4) is 0 Å². The minimum absolute atomic E-state index is 0.564. The van der Waals surface area contributed by atoms with Crippen LogP contribution in [0.4, 0.5) is 0 Å². The maximum Gasteiger partial charge on any atom is 0.184 e. The highest BCUT2D eigenvalue weighted by atomic mass is 16.7. The summed E-state index contributed by atoms with van der Waals surface area (Å²) in [5.74, 6) is -0.736. The van der Waals surface area contributed by atoms with E-state index in [2.05, 4.69) is 0 Å². The Kier molecular flexibility index (Phi) is 6.30. The Bertz CT molecular complexity index is 380. The number of hydrogen-bond acceptors (Lipinski definition) is 10. The van der Waals surface area contributed by atoms with Gasteiger partial charge in [0, 0.05) is 5.92 Å². The van der Waals surface area contributed by atoms with E-state index in [0.29, 0.717) is 0 Å². The summed E-state index contributed by atoms with van der Waals surface area (Å²) >= 11 is 0. The Morgan fingerprint density at radius 2 is 1.35 bits per heavy atom. The second-order valence-corrected chi connectivity index (χ2v) is 5.90. The van der Waals surface area contributed by atoms with E-state index in [1.165, 1.54) is 6.92 Å². The van der Waals surface area contributed by atoms with Crippen LogP contribution in [-0.2, 0) is 14.2 Å². The topological polar surface area (TPSA) is 169 Å². The van der Waals surface area contributed by atoms with Crippen molar-refractivity contribution in [2.45, 2.75) is 62.2 Å². The average molecular weight is 340 g/mol. The van der Waals surface area contributed by atoms with Gasteiger partial charge in [-0.05, 0) is 0 Å². The van der Waals surface area contributed by atoms with E-state index in [1.807, 2.05) is 0 Å². The molecule has 2 heterocycles. The molecular formula is C13H24O10. The van der Waals surface area contributed by atoms with Crippen LogP contribution in [0.2, 0.25) is 0 Å². The van der Waals surface area contributed by atoms with Gasteiger partial charge in [-0.2, -0.15) is 0 Å². The maximum absolute atomic E-state index is 10.1. The van der Waals surface area contributed by atoms with Gasteiger partial charge in [0.25, 0.3) is 0 Å². The van der Waals surface area contributed by atoms with Crippen LogP contribution < -0.4 is 0 Å². The first-order valence-corrected chi connectivity index (χ1v) is 7.40. The van der Waals surface area contributed by atoms with E-state index >= 15 is 0 Å². The number of ether oxygens (including phenoxy) is 3. The number of rotatable bonds is 4. The second kappa shape index (κ2) is 7.66. The van der Waals surface area contributed by atoms with E-state index < -0.39 is 74.4 Å². The third-order valence-corrected chi connectivity index (χ3v) is 4.32. The molecule has 2 fully saturated rings. The van der Waals surface area contributed by atoms with Crippen LogP contribution in [0.5, 0.6) is 0 Å². The van der Waals surface area contributed by atoms with E-state index in [9.17, 15) is 30.6 Å². The Balaban J connectivity index is 2.11. The lowest BCUT2D eigenvalue weighted by molar-refractivity contribution is -0.347. The third-order valence-electron chi connectivity index (χ3n) is 4.32. The number of hydrogen-bond donors (Lipinski definition) is 7. The molecule has 10 nitrogen and oxygen atoms in total. The van der Waals surface area contributed by atoms with Crippen molar-refractivity contribution < 1.29 is 50.0 Å². The fraction of sp³-hybridized carbons (Fsp3) is 1.00. The summed E-state index contributed by atoms with van der Waals surface area (Å²) in [6.45, 7) is 0.349. The highest BCUT2D eigenvalue weighted by Gasteiger charge is 2.49. The highest BCUT2D eigenvalue weighted by molar-refractivity contribution is 4.92. The Hall–Kier alpha value is -0.400. The molecule has 2 rings (SSSR count). The van der Waals surface area contributed by atoms with Crippen LogP contribution >= 0.6 is 0 Å². The van der Waals surface area contributed by atoms with Crippen molar-refractivity contribution >= 4 is 0 Å². The summed E-state index contributed by atoms with van der Waals surface area (Å²) in [7, 11) is 0. The minimum atomic E-state index is -1.68. The Morgan fingerprint density at radius 1 is 0.783 bits per heavy atom. The van der Waals surface area contributed by atoms with Crippen molar-refractivity contribution in [1.29, 1.82) is 0 Å². The van der Waals surface area contributed by atoms with Gasteiger partial charge in [-0.3, -0.25) is 0 Å². The van der Waals surface area contributed by atoms with E-state index in [0.717, 1.165) is 0 Å². The van der Waals surface area contributed by atoms with Crippen molar-refractivity contribution in [3.63, 3.8) is 0 Å². The lowest BCUT2D eigenvalue weighted by Gasteiger charge is -2.45. The molecule has 0 radical (unpaired) electrons. The SMILES string of the molecule is CC1[C@H](O[C@@H]2C(O)[C@H](O)OC(CO)[C@@H]2O)OC(CO)[C@@H](O)[C@@H]1O. The zero-order chi connectivity index (χ0) is 17.3. The van der Waals surface area contributed by atoms with Crippen LogP contribution in [0.15, 0.2) is 0 Å². The molecule has 10 heteroatoms. The molecule has 2 aliphatic heterocycles. The van der Waals surface area contributed by atoms with Gasteiger partial charge in [-0.25, -0.2) is 0 Å². The molecule has 23 heavy (non-hydrogen) atoms. The lowest BCUT2D eigenvalue weighted by Crippen LogP contribution is -2.62.